The van der Waals surface area contributed by atoms with Crippen LogP contribution in [0.25, 0.3) is 6.08 Å². The van der Waals surface area contributed by atoms with E-state index in [0.29, 0.717) is 25.9 Å². The number of piperidine rings is 1. The monoisotopic (exact) mass is 325 g/mol. The quantitative estimate of drug-likeness (QED) is 0.798. The maximum absolute atomic E-state index is 12.8. The Kier molecular flexibility index (Phi) is 5.34. The molecule has 2 rings (SSSR count). The molecule has 6 heteroatoms. The number of benzene rings is 1. The molecule has 0 N–H and O–H groups in total. The lowest BCUT2D eigenvalue weighted by Crippen LogP contribution is -2.42. The molecule has 1 aliphatic rings. The summed E-state index contributed by atoms with van der Waals surface area (Å²) in [6, 6.07) is 5.87. The molecule has 0 unspecified atom stereocenters. The molecule has 1 heterocycles. The Labute approximate surface area is 130 Å². The van der Waals surface area contributed by atoms with Gasteiger partial charge in [-0.15, -0.1) is 0 Å². The number of carbonyl (C=O) groups excluding carboxylic acids is 1. The van der Waals surface area contributed by atoms with E-state index in [2.05, 4.69) is 0 Å². The lowest BCUT2D eigenvalue weighted by Gasteiger charge is -2.30. The van der Waals surface area contributed by atoms with Gasteiger partial charge in [0.1, 0.15) is 5.82 Å². The maximum Gasteiger partial charge on any atom is 0.246 e. The molecule has 0 aliphatic carbocycles. The average molecular weight is 325 g/mol. The highest BCUT2D eigenvalue weighted by atomic mass is 32.2. The highest BCUT2D eigenvalue weighted by molar-refractivity contribution is 7.92. The molecule has 1 aliphatic heterocycles. The third-order valence-electron chi connectivity index (χ3n) is 3.95. The average Bonchev–Trinajstić information content (AvgIpc) is 2.54. The third kappa shape index (κ3) is 4.16. The number of halogens is 1. The van der Waals surface area contributed by atoms with Crippen molar-refractivity contribution in [2.75, 3.05) is 18.8 Å². The molecule has 1 saturated heterocycles. The first-order chi connectivity index (χ1) is 10.4. The van der Waals surface area contributed by atoms with Crippen molar-refractivity contribution in [3.63, 3.8) is 0 Å². The van der Waals surface area contributed by atoms with Crippen molar-refractivity contribution >= 4 is 21.8 Å². The molecule has 0 spiro atoms. The minimum Gasteiger partial charge on any atom is -0.339 e. The normalized spacial score (nSPS) is 17.1. The molecule has 1 amide bonds. The molecular weight excluding hydrogens is 305 g/mol. The van der Waals surface area contributed by atoms with E-state index in [9.17, 15) is 17.6 Å². The lowest BCUT2D eigenvalue weighted by molar-refractivity contribution is -0.126. The number of hydrogen-bond acceptors (Lipinski definition) is 3. The van der Waals surface area contributed by atoms with Gasteiger partial charge in [-0.1, -0.05) is 19.1 Å². The van der Waals surface area contributed by atoms with Crippen molar-refractivity contribution < 1.29 is 17.6 Å². The highest BCUT2D eigenvalue weighted by Crippen LogP contribution is 2.19. The smallest absolute Gasteiger partial charge is 0.246 e. The van der Waals surface area contributed by atoms with Crippen molar-refractivity contribution in [1.29, 1.82) is 0 Å². The Morgan fingerprint density at radius 3 is 2.41 bits per heavy atom. The fourth-order valence-corrected chi connectivity index (χ4v) is 3.92. The number of rotatable bonds is 4. The minimum atomic E-state index is -3.02. The summed E-state index contributed by atoms with van der Waals surface area (Å²) in [5, 5.41) is -0.331. The van der Waals surface area contributed by atoms with E-state index in [0.717, 1.165) is 5.56 Å². The number of amides is 1. The number of carbonyl (C=O) groups is 1. The lowest BCUT2D eigenvalue weighted by atomic mass is 10.1. The summed E-state index contributed by atoms with van der Waals surface area (Å²) in [4.78, 5) is 13.7. The fourth-order valence-electron chi connectivity index (χ4n) is 2.52. The molecule has 0 aromatic heterocycles. The topological polar surface area (TPSA) is 54.5 Å². The van der Waals surface area contributed by atoms with E-state index in [1.807, 2.05) is 0 Å². The van der Waals surface area contributed by atoms with Crippen LogP contribution >= 0.6 is 0 Å². The van der Waals surface area contributed by atoms with Gasteiger partial charge in [-0.05, 0) is 36.6 Å². The Balaban J connectivity index is 1.91. The first kappa shape index (κ1) is 16.7. The van der Waals surface area contributed by atoms with Crippen LogP contribution in [-0.2, 0) is 14.6 Å². The zero-order valence-corrected chi connectivity index (χ0v) is 13.4. The SMILES string of the molecule is CCS(=O)(=O)C1CCN(C(=O)/C=C/c2ccc(F)cc2)CC1. The highest BCUT2D eigenvalue weighted by Gasteiger charge is 2.29. The van der Waals surface area contributed by atoms with Gasteiger partial charge in [0.25, 0.3) is 0 Å². The van der Waals surface area contributed by atoms with Crippen LogP contribution in [0.2, 0.25) is 0 Å². The van der Waals surface area contributed by atoms with Crippen LogP contribution in [0.4, 0.5) is 4.39 Å². The maximum atomic E-state index is 12.8. The fraction of sp³-hybridized carbons (Fsp3) is 0.438. The Morgan fingerprint density at radius 2 is 1.86 bits per heavy atom. The van der Waals surface area contributed by atoms with Gasteiger partial charge in [0.15, 0.2) is 9.84 Å². The molecule has 120 valence electrons. The molecule has 4 nitrogen and oxygen atoms in total. The largest absolute Gasteiger partial charge is 0.339 e. The predicted molar refractivity (Wildman–Crippen MR) is 84.5 cm³/mol. The van der Waals surface area contributed by atoms with Crippen LogP contribution < -0.4 is 0 Å². The van der Waals surface area contributed by atoms with E-state index in [1.54, 1.807) is 30.0 Å². The zero-order valence-electron chi connectivity index (χ0n) is 12.5. The Hall–Kier alpha value is -1.69. The predicted octanol–water partition coefficient (Wildman–Crippen LogP) is 2.26. The van der Waals surface area contributed by atoms with E-state index >= 15 is 0 Å². The van der Waals surface area contributed by atoms with Gasteiger partial charge >= 0.3 is 0 Å². The summed E-state index contributed by atoms with van der Waals surface area (Å²) in [5.74, 6) is -0.310. The van der Waals surface area contributed by atoms with E-state index in [-0.39, 0.29) is 22.7 Å². The van der Waals surface area contributed by atoms with Crippen LogP contribution in [0, 0.1) is 5.82 Å². The summed E-state index contributed by atoms with van der Waals surface area (Å²) < 4.78 is 36.4. The summed E-state index contributed by atoms with van der Waals surface area (Å²) in [7, 11) is -3.02. The third-order valence-corrected chi connectivity index (χ3v) is 6.24. The van der Waals surface area contributed by atoms with E-state index < -0.39 is 9.84 Å². The number of sulfone groups is 1. The first-order valence-electron chi connectivity index (χ1n) is 7.36. The molecule has 0 radical (unpaired) electrons. The van der Waals surface area contributed by atoms with Crippen molar-refractivity contribution in [3.8, 4) is 0 Å². The molecule has 0 saturated carbocycles. The zero-order chi connectivity index (χ0) is 16.2. The van der Waals surface area contributed by atoms with Crippen molar-refractivity contribution in [1.82, 2.24) is 4.90 Å². The van der Waals surface area contributed by atoms with Gasteiger partial charge in [0.05, 0.1) is 5.25 Å². The van der Waals surface area contributed by atoms with E-state index in [4.69, 9.17) is 0 Å². The Bertz CT molecular complexity index is 644. The standard InChI is InChI=1S/C16H20FNO3S/c1-2-22(20,21)15-9-11-18(12-10-15)16(19)8-5-13-3-6-14(17)7-4-13/h3-8,15H,2,9-12H2,1H3/b8-5+. The number of likely N-dealkylation sites (tertiary alicyclic amines) is 1. The second kappa shape index (κ2) is 7.05. The second-order valence-corrected chi connectivity index (χ2v) is 7.93. The van der Waals surface area contributed by atoms with Crippen molar-refractivity contribution in [2.45, 2.75) is 25.0 Å². The van der Waals surface area contributed by atoms with Gasteiger partial charge in [0, 0.05) is 24.9 Å². The van der Waals surface area contributed by atoms with Crippen LogP contribution in [0.5, 0.6) is 0 Å². The molecule has 1 aromatic carbocycles. The van der Waals surface area contributed by atoms with Crippen LogP contribution in [0.3, 0.4) is 0 Å². The van der Waals surface area contributed by atoms with Crippen LogP contribution in [0.15, 0.2) is 30.3 Å². The van der Waals surface area contributed by atoms with Crippen LogP contribution in [-0.4, -0.2) is 43.3 Å². The molecular formula is C16H20FNO3S. The first-order valence-corrected chi connectivity index (χ1v) is 9.08. The van der Waals surface area contributed by atoms with Gasteiger partial charge in [-0.25, -0.2) is 12.8 Å². The van der Waals surface area contributed by atoms with E-state index in [1.165, 1.54) is 18.2 Å². The van der Waals surface area contributed by atoms with Crippen molar-refractivity contribution in [2.24, 2.45) is 0 Å². The summed E-state index contributed by atoms with van der Waals surface area (Å²) in [5.41, 5.74) is 0.748. The Morgan fingerprint density at radius 1 is 1.27 bits per heavy atom. The van der Waals surface area contributed by atoms with Gasteiger partial charge in [-0.2, -0.15) is 0 Å². The molecule has 0 bridgehead atoms. The van der Waals surface area contributed by atoms with Gasteiger partial charge < -0.3 is 4.90 Å². The summed E-state index contributed by atoms with van der Waals surface area (Å²) >= 11 is 0. The molecule has 1 aromatic rings. The molecule has 22 heavy (non-hydrogen) atoms. The number of hydrogen-bond donors (Lipinski definition) is 0. The summed E-state index contributed by atoms with van der Waals surface area (Å²) in [6.07, 6.45) is 4.07. The summed E-state index contributed by atoms with van der Waals surface area (Å²) in [6.45, 7) is 2.56. The van der Waals surface area contributed by atoms with Gasteiger partial charge in [-0.3, -0.25) is 4.79 Å². The van der Waals surface area contributed by atoms with Crippen molar-refractivity contribution in [3.05, 3.63) is 41.7 Å². The minimum absolute atomic E-state index is 0.142. The second-order valence-electron chi connectivity index (χ2n) is 5.36. The molecule has 0 atom stereocenters. The molecule has 1 fully saturated rings. The van der Waals surface area contributed by atoms with Gasteiger partial charge in [0.2, 0.25) is 5.91 Å². The van der Waals surface area contributed by atoms with Crippen LogP contribution in [0.1, 0.15) is 25.3 Å². The number of nitrogens with zero attached hydrogens (tertiary/aromatic N) is 1.